The van der Waals surface area contributed by atoms with Gasteiger partial charge in [0.25, 0.3) is 0 Å². The van der Waals surface area contributed by atoms with E-state index in [1.54, 1.807) is 13.0 Å². The summed E-state index contributed by atoms with van der Waals surface area (Å²) in [7, 11) is 1.42. The topological polar surface area (TPSA) is 60.1 Å². The first-order valence-corrected chi connectivity index (χ1v) is 4.90. The highest BCUT2D eigenvalue weighted by molar-refractivity contribution is 5.98. The van der Waals surface area contributed by atoms with Gasteiger partial charge in [0.15, 0.2) is 0 Å². The second kappa shape index (κ2) is 18.3. The van der Waals surface area contributed by atoms with Crippen molar-refractivity contribution < 1.29 is 0 Å². The van der Waals surface area contributed by atoms with E-state index >= 15 is 0 Å². The first-order valence-electron chi connectivity index (χ1n) is 4.90. The maximum Gasteiger partial charge on any atom is 0.0485 e. The van der Waals surface area contributed by atoms with Gasteiger partial charge in [0.05, 0.1) is 0 Å². The zero-order valence-electron chi connectivity index (χ0n) is 10.5. The molecule has 0 amide bonds. The highest BCUT2D eigenvalue weighted by atomic mass is 14.9. The van der Waals surface area contributed by atoms with Crippen LogP contribution in [0.5, 0.6) is 0 Å². The average Bonchev–Trinajstić information content (AvgIpc) is 2.23. The Labute approximate surface area is 93.6 Å². The van der Waals surface area contributed by atoms with Gasteiger partial charge in [-0.15, -0.1) is 0 Å². The summed E-state index contributed by atoms with van der Waals surface area (Å²) in [5.41, 5.74) is 7.26. The zero-order chi connectivity index (χ0) is 12.7. The predicted molar refractivity (Wildman–Crippen MR) is 68.9 cm³/mol. The molecule has 86 valence electrons. The summed E-state index contributed by atoms with van der Waals surface area (Å²) in [5, 5.41) is 10.0. The largest absolute Gasteiger partial charge is 0.305 e. The second-order valence-electron chi connectivity index (χ2n) is 2.20. The van der Waals surface area contributed by atoms with Crippen LogP contribution >= 0.6 is 0 Å². The standard InChI is InChI=1S/C9H13N.C2H6.CH4N2/c1-4-6-7-9(5-2)8(3)10;1-2;1-3-2/h4-7,10H,2H2,1,3H3;1-2H3;2H,1H3/b6-4-,9-7+,10-8?;;. The summed E-state index contributed by atoms with van der Waals surface area (Å²) in [4.78, 5) is 0. The molecule has 3 heteroatoms. The number of nitrogens with one attached hydrogen (secondary N) is 2. The predicted octanol–water partition coefficient (Wildman–Crippen LogP) is 4.39. The van der Waals surface area contributed by atoms with Crippen LogP contribution < -0.4 is 0 Å². The van der Waals surface area contributed by atoms with Crippen molar-refractivity contribution in [3.63, 3.8) is 0 Å². The Morgan fingerprint density at radius 1 is 1.33 bits per heavy atom. The lowest BCUT2D eigenvalue weighted by molar-refractivity contribution is 1.09. The third-order valence-electron chi connectivity index (χ3n) is 1.12. The smallest absolute Gasteiger partial charge is 0.0485 e. The fourth-order valence-corrected chi connectivity index (χ4v) is 0.546. The van der Waals surface area contributed by atoms with E-state index in [0.717, 1.165) is 5.57 Å². The molecule has 0 fully saturated rings. The Morgan fingerprint density at radius 3 is 1.93 bits per heavy atom. The number of hydrogen-bond donors (Lipinski definition) is 2. The average molecular weight is 209 g/mol. The Balaban J connectivity index is -0.000000245. The molecule has 0 aromatic carbocycles. The normalized spacial score (nSPS) is 9.27. The molecule has 0 spiro atoms. The maximum absolute atomic E-state index is 7.26. The Bertz CT molecular complexity index is 225. The minimum absolute atomic E-state index is 0.549. The van der Waals surface area contributed by atoms with Gasteiger partial charge in [0, 0.05) is 12.8 Å². The van der Waals surface area contributed by atoms with E-state index in [1.165, 1.54) is 7.05 Å². The highest BCUT2D eigenvalue weighted by Crippen LogP contribution is 1.97. The Hall–Kier alpha value is -1.51. The summed E-state index contributed by atoms with van der Waals surface area (Å²) in [6.07, 6.45) is 7.37. The van der Waals surface area contributed by atoms with Gasteiger partial charge in [-0.2, -0.15) is 0 Å². The summed E-state index contributed by atoms with van der Waals surface area (Å²) in [6.45, 7) is 11.3. The van der Waals surface area contributed by atoms with Crippen molar-refractivity contribution in [1.29, 1.82) is 10.9 Å². The van der Waals surface area contributed by atoms with Crippen molar-refractivity contribution >= 4 is 5.71 Å². The van der Waals surface area contributed by atoms with Crippen LogP contribution in [0.3, 0.4) is 0 Å². The van der Waals surface area contributed by atoms with Crippen molar-refractivity contribution in [2.45, 2.75) is 27.7 Å². The third kappa shape index (κ3) is 19.1. The summed E-state index contributed by atoms with van der Waals surface area (Å²) < 4.78 is 0. The van der Waals surface area contributed by atoms with Gasteiger partial charge in [-0.3, -0.25) is 0 Å². The van der Waals surface area contributed by atoms with E-state index in [9.17, 15) is 0 Å². The molecule has 2 N–H and O–H groups in total. The van der Waals surface area contributed by atoms with Gasteiger partial charge >= 0.3 is 0 Å². The van der Waals surface area contributed by atoms with Crippen LogP contribution in [0.15, 0.2) is 41.6 Å². The molecule has 0 atom stereocenters. The van der Waals surface area contributed by atoms with Crippen molar-refractivity contribution in [2.24, 2.45) is 5.11 Å². The van der Waals surface area contributed by atoms with Crippen molar-refractivity contribution in [1.82, 2.24) is 0 Å². The fraction of sp³-hybridized carbons (Fsp3) is 0.417. The van der Waals surface area contributed by atoms with Gasteiger partial charge < -0.3 is 5.41 Å². The molecule has 0 radical (unpaired) electrons. The molecule has 0 aromatic rings. The lowest BCUT2D eigenvalue weighted by Crippen LogP contribution is -1.89. The molecule has 0 aromatic heterocycles. The molecular formula is C12H23N3. The molecule has 0 heterocycles. The lowest BCUT2D eigenvalue weighted by Gasteiger charge is -1.93. The second-order valence-corrected chi connectivity index (χ2v) is 2.20. The first kappa shape index (κ1) is 19.1. The van der Waals surface area contributed by atoms with Crippen LogP contribution in [-0.4, -0.2) is 12.8 Å². The molecule has 0 unspecified atom stereocenters. The molecule has 0 saturated heterocycles. The van der Waals surface area contributed by atoms with Crippen LogP contribution in [0.25, 0.3) is 0 Å². The minimum Gasteiger partial charge on any atom is -0.305 e. The SMILES string of the molecule is C=C/C(=C\C=C/C)C(C)=N.CC.CN=N. The van der Waals surface area contributed by atoms with Gasteiger partial charge in [0.1, 0.15) is 0 Å². The van der Waals surface area contributed by atoms with E-state index in [0.29, 0.717) is 5.71 Å². The molecule has 0 bridgehead atoms. The molecule has 15 heavy (non-hydrogen) atoms. The van der Waals surface area contributed by atoms with Crippen LogP contribution in [0.2, 0.25) is 0 Å². The fourth-order valence-electron chi connectivity index (χ4n) is 0.546. The van der Waals surface area contributed by atoms with Crippen molar-refractivity contribution in [3.8, 4) is 0 Å². The third-order valence-corrected chi connectivity index (χ3v) is 1.12. The van der Waals surface area contributed by atoms with Crippen LogP contribution in [0.4, 0.5) is 0 Å². The van der Waals surface area contributed by atoms with Gasteiger partial charge in [0.2, 0.25) is 0 Å². The Kier molecular flexibility index (Phi) is 23.3. The molecular weight excluding hydrogens is 186 g/mol. The zero-order valence-corrected chi connectivity index (χ0v) is 10.5. The van der Waals surface area contributed by atoms with E-state index in [-0.39, 0.29) is 0 Å². The van der Waals surface area contributed by atoms with E-state index in [1.807, 2.05) is 39.0 Å². The monoisotopic (exact) mass is 209 g/mol. The van der Waals surface area contributed by atoms with E-state index < -0.39 is 0 Å². The molecule has 0 aliphatic heterocycles. The van der Waals surface area contributed by atoms with Crippen molar-refractivity contribution in [2.75, 3.05) is 7.05 Å². The molecule has 0 rings (SSSR count). The van der Waals surface area contributed by atoms with Gasteiger partial charge in [-0.1, -0.05) is 44.7 Å². The summed E-state index contributed by atoms with van der Waals surface area (Å²) in [6, 6.07) is 0. The van der Waals surface area contributed by atoms with Gasteiger partial charge in [-0.05, 0) is 19.4 Å². The molecule has 0 aliphatic rings. The van der Waals surface area contributed by atoms with E-state index in [4.69, 9.17) is 10.9 Å². The van der Waals surface area contributed by atoms with Crippen LogP contribution in [0.1, 0.15) is 27.7 Å². The summed E-state index contributed by atoms with van der Waals surface area (Å²) >= 11 is 0. The minimum atomic E-state index is 0.549. The molecule has 0 aliphatic carbocycles. The quantitative estimate of drug-likeness (QED) is 0.393. The number of allylic oxidation sites excluding steroid dienone is 5. The first-order chi connectivity index (χ1) is 7.13. The number of rotatable bonds is 3. The van der Waals surface area contributed by atoms with Crippen LogP contribution in [0, 0.1) is 10.9 Å². The molecule has 3 nitrogen and oxygen atoms in total. The lowest BCUT2D eigenvalue weighted by atomic mass is 10.1. The Morgan fingerprint density at radius 2 is 1.73 bits per heavy atom. The van der Waals surface area contributed by atoms with E-state index in [2.05, 4.69) is 11.7 Å². The van der Waals surface area contributed by atoms with Crippen LogP contribution in [-0.2, 0) is 0 Å². The maximum atomic E-state index is 7.26. The van der Waals surface area contributed by atoms with Gasteiger partial charge in [-0.25, -0.2) is 10.6 Å². The number of nitrogens with zero attached hydrogens (tertiary/aromatic N) is 1. The van der Waals surface area contributed by atoms with Crippen molar-refractivity contribution in [3.05, 3.63) is 36.5 Å². The molecule has 0 saturated carbocycles. The number of hydrogen-bond acceptors (Lipinski definition) is 3. The summed E-state index contributed by atoms with van der Waals surface area (Å²) in [5.74, 6) is 0. The highest BCUT2D eigenvalue weighted by Gasteiger charge is 1.89.